The van der Waals surface area contributed by atoms with Gasteiger partial charge in [-0.2, -0.15) is 0 Å². The molecule has 1 aliphatic rings. The fourth-order valence-electron chi connectivity index (χ4n) is 4.14. The van der Waals surface area contributed by atoms with E-state index in [9.17, 15) is 23.1 Å². The summed E-state index contributed by atoms with van der Waals surface area (Å²) < 4.78 is 34.9. The minimum atomic E-state index is -3.96. The number of furan rings is 1. The second-order valence-corrected chi connectivity index (χ2v) is 10.9. The molecule has 0 radical (unpaired) electrons. The summed E-state index contributed by atoms with van der Waals surface area (Å²) in [6.45, 7) is 8.14. The van der Waals surface area contributed by atoms with Crippen LogP contribution in [0.3, 0.4) is 0 Å². The van der Waals surface area contributed by atoms with Crippen LogP contribution in [0, 0.1) is 19.8 Å². The van der Waals surface area contributed by atoms with E-state index in [0.29, 0.717) is 29.6 Å². The lowest BCUT2D eigenvalue weighted by molar-refractivity contribution is -0.132. The quantitative estimate of drug-likeness (QED) is 0.268. The van der Waals surface area contributed by atoms with Crippen molar-refractivity contribution in [1.82, 2.24) is 0 Å². The third-order valence-corrected chi connectivity index (χ3v) is 6.87. The first-order chi connectivity index (χ1) is 17.4. The number of hydrogen-bond donors (Lipinski definition) is 2. The average molecular weight is 525 g/mol. The maximum absolute atomic E-state index is 13.3. The average Bonchev–Trinajstić information content (AvgIpc) is 3.37. The molecule has 2 heterocycles. The number of aliphatic hydroxyl groups excluding tert-OH is 1. The van der Waals surface area contributed by atoms with Crippen molar-refractivity contribution in [3.8, 4) is 5.75 Å². The molecule has 0 bridgehead atoms. The van der Waals surface area contributed by atoms with E-state index in [-0.39, 0.29) is 27.7 Å². The lowest BCUT2D eigenvalue weighted by Gasteiger charge is -2.23. The predicted octanol–water partition coefficient (Wildman–Crippen LogP) is 4.20. The van der Waals surface area contributed by atoms with E-state index in [1.54, 1.807) is 37.3 Å². The van der Waals surface area contributed by atoms with Gasteiger partial charge < -0.3 is 14.3 Å². The van der Waals surface area contributed by atoms with E-state index in [1.165, 1.54) is 29.2 Å². The molecule has 194 valence electrons. The minimum absolute atomic E-state index is 0.145. The summed E-state index contributed by atoms with van der Waals surface area (Å²) in [7, 11) is -3.96. The summed E-state index contributed by atoms with van der Waals surface area (Å²) in [5, 5.41) is 16.5. The minimum Gasteiger partial charge on any atom is -0.507 e. The first-order valence-corrected chi connectivity index (χ1v) is 13.2. The zero-order chi connectivity index (χ0) is 27.1. The van der Waals surface area contributed by atoms with Crippen molar-refractivity contribution in [1.29, 1.82) is 0 Å². The molecule has 1 atom stereocenters. The zero-order valence-corrected chi connectivity index (χ0v) is 21.7. The van der Waals surface area contributed by atoms with Crippen LogP contribution in [0.25, 0.3) is 5.76 Å². The number of Topliss-reactive ketones (excluding diaryl/α,β-unsaturated/α-hetero) is 1. The number of nitrogens with zero attached hydrogens (tertiary/aromatic N) is 1. The zero-order valence-electron chi connectivity index (χ0n) is 20.9. The van der Waals surface area contributed by atoms with Crippen molar-refractivity contribution < 1.29 is 32.3 Å². The van der Waals surface area contributed by atoms with Gasteiger partial charge in [0.15, 0.2) is 0 Å². The molecule has 9 nitrogen and oxygen atoms in total. The Morgan fingerprint density at radius 1 is 1.08 bits per heavy atom. The van der Waals surface area contributed by atoms with Crippen LogP contribution in [0.15, 0.2) is 69.5 Å². The van der Waals surface area contributed by atoms with Gasteiger partial charge in [-0.1, -0.05) is 13.8 Å². The first kappa shape index (κ1) is 26.2. The molecule has 0 spiro atoms. The van der Waals surface area contributed by atoms with Crippen molar-refractivity contribution in [2.75, 3.05) is 11.5 Å². The molecule has 2 aromatic carbocycles. The molecule has 1 saturated heterocycles. The molecule has 1 amide bonds. The van der Waals surface area contributed by atoms with Gasteiger partial charge in [-0.25, -0.2) is 13.6 Å². The third kappa shape index (κ3) is 5.16. The van der Waals surface area contributed by atoms with Crippen LogP contribution in [-0.4, -0.2) is 31.8 Å². The van der Waals surface area contributed by atoms with Gasteiger partial charge in [0, 0.05) is 11.3 Å². The van der Waals surface area contributed by atoms with Gasteiger partial charge in [0.05, 0.1) is 17.1 Å². The Labute approximate surface area is 215 Å². The number of anilines is 1. The highest BCUT2D eigenvalue weighted by atomic mass is 32.2. The van der Waals surface area contributed by atoms with Crippen molar-refractivity contribution in [3.05, 3.63) is 82.8 Å². The molecule has 1 fully saturated rings. The Balaban J connectivity index is 1.83. The largest absolute Gasteiger partial charge is 0.507 e. The molecule has 3 aromatic rings. The Morgan fingerprint density at radius 2 is 1.76 bits per heavy atom. The third-order valence-electron chi connectivity index (χ3n) is 5.94. The number of primary sulfonamides is 1. The lowest BCUT2D eigenvalue weighted by atomic mass is 9.98. The Bertz CT molecular complexity index is 1500. The number of amides is 1. The van der Waals surface area contributed by atoms with Crippen LogP contribution < -0.4 is 14.8 Å². The molecule has 1 aliphatic heterocycles. The highest BCUT2D eigenvalue weighted by Gasteiger charge is 2.48. The predicted molar refractivity (Wildman–Crippen MR) is 138 cm³/mol. The van der Waals surface area contributed by atoms with E-state index in [0.717, 1.165) is 5.56 Å². The SMILES string of the molecule is Cc1ccc(C2/C(=C(/O)c3ccc(OCC(C)C)c(C)c3)C(=O)C(=O)N2c2ccc(S(N)(=O)=O)cc2)o1. The number of hydrogen-bond acceptors (Lipinski definition) is 7. The Kier molecular flexibility index (Phi) is 6.98. The smallest absolute Gasteiger partial charge is 0.300 e. The normalized spacial score (nSPS) is 17.6. The molecule has 4 rings (SSSR count). The number of carbonyl (C=O) groups excluding carboxylic acids is 2. The Hall–Kier alpha value is -3.89. The number of ether oxygens (including phenoxy) is 1. The van der Waals surface area contributed by atoms with Crippen LogP contribution >= 0.6 is 0 Å². The topological polar surface area (TPSA) is 140 Å². The van der Waals surface area contributed by atoms with Crippen molar-refractivity contribution >= 4 is 33.2 Å². The van der Waals surface area contributed by atoms with Crippen LogP contribution in [0.2, 0.25) is 0 Å². The number of aryl methyl sites for hydroxylation is 2. The molecule has 0 saturated carbocycles. The monoisotopic (exact) mass is 524 g/mol. The molecule has 37 heavy (non-hydrogen) atoms. The Morgan fingerprint density at radius 3 is 2.30 bits per heavy atom. The van der Waals surface area contributed by atoms with Crippen LogP contribution in [0.1, 0.15) is 42.5 Å². The highest BCUT2D eigenvalue weighted by Crippen LogP contribution is 2.43. The molecule has 10 heteroatoms. The number of ketones is 1. The second-order valence-electron chi connectivity index (χ2n) is 9.34. The van der Waals surface area contributed by atoms with Crippen LogP contribution in [0.5, 0.6) is 5.75 Å². The number of sulfonamides is 1. The molecule has 0 aliphatic carbocycles. The molecule has 1 aromatic heterocycles. The number of nitrogens with two attached hydrogens (primary N) is 1. The van der Waals surface area contributed by atoms with E-state index in [4.69, 9.17) is 14.3 Å². The van der Waals surface area contributed by atoms with Crippen LogP contribution in [0.4, 0.5) is 5.69 Å². The second kappa shape index (κ2) is 9.87. The maximum Gasteiger partial charge on any atom is 0.300 e. The molecular weight excluding hydrogens is 496 g/mol. The number of rotatable bonds is 7. The molecule has 3 N–H and O–H groups in total. The summed E-state index contributed by atoms with van der Waals surface area (Å²) in [5.41, 5.74) is 1.18. The van der Waals surface area contributed by atoms with Gasteiger partial charge in [-0.3, -0.25) is 14.5 Å². The summed E-state index contributed by atoms with van der Waals surface area (Å²) in [4.78, 5) is 27.5. The summed E-state index contributed by atoms with van der Waals surface area (Å²) >= 11 is 0. The van der Waals surface area contributed by atoms with Gasteiger partial charge in [0.25, 0.3) is 11.7 Å². The summed E-state index contributed by atoms with van der Waals surface area (Å²) in [5.74, 6) is -0.352. The highest BCUT2D eigenvalue weighted by molar-refractivity contribution is 7.89. The summed E-state index contributed by atoms with van der Waals surface area (Å²) in [6.07, 6.45) is 0. The van der Waals surface area contributed by atoms with Gasteiger partial charge in [-0.05, 0) is 79.9 Å². The molecule has 1 unspecified atom stereocenters. The molecular formula is C27H28N2O7S. The summed E-state index contributed by atoms with van der Waals surface area (Å²) in [6, 6.07) is 12.5. The van der Waals surface area contributed by atoms with Gasteiger partial charge >= 0.3 is 0 Å². The van der Waals surface area contributed by atoms with Gasteiger partial charge in [-0.15, -0.1) is 0 Å². The van der Waals surface area contributed by atoms with Gasteiger partial charge in [0.2, 0.25) is 10.0 Å². The standard InChI is InChI=1S/C27H28N2O7S/c1-15(2)14-35-21-12-6-18(13-16(21)3)25(30)23-24(22-11-5-17(4)36-22)29(27(32)26(23)31)19-7-9-20(10-8-19)37(28,33)34/h5-13,15,24,30H,14H2,1-4H3,(H2,28,33,34)/b25-23-. The fraction of sp³-hybridized carbons (Fsp3) is 0.259. The van der Waals surface area contributed by atoms with Crippen LogP contribution in [-0.2, 0) is 19.6 Å². The van der Waals surface area contributed by atoms with E-state index in [2.05, 4.69) is 0 Å². The van der Waals surface area contributed by atoms with E-state index < -0.39 is 27.8 Å². The van der Waals surface area contributed by atoms with E-state index >= 15 is 0 Å². The number of benzene rings is 2. The maximum atomic E-state index is 13.3. The van der Waals surface area contributed by atoms with Crippen molar-refractivity contribution in [2.24, 2.45) is 11.1 Å². The first-order valence-electron chi connectivity index (χ1n) is 11.6. The fourth-order valence-corrected chi connectivity index (χ4v) is 4.65. The van der Waals surface area contributed by atoms with Gasteiger partial charge in [0.1, 0.15) is 29.1 Å². The van der Waals surface area contributed by atoms with Crippen molar-refractivity contribution in [2.45, 2.75) is 38.6 Å². The number of carbonyl (C=O) groups is 2. The number of aliphatic hydroxyl groups is 1. The lowest BCUT2D eigenvalue weighted by Crippen LogP contribution is -2.29. The van der Waals surface area contributed by atoms with E-state index in [1.807, 2.05) is 20.8 Å². The van der Waals surface area contributed by atoms with Crippen molar-refractivity contribution in [3.63, 3.8) is 0 Å².